The standard InChI is InChI=1S/C12H10N4S/c17-12-15-9(6-8-4-2-1-3-5-8)10-11(16-12)14-7-13-10/h1-5,7H,6H2,(H2,13,14,15,16,17). The number of H-pyrrole nitrogens is 1. The van der Waals surface area contributed by atoms with Crippen LogP contribution in [0.1, 0.15) is 11.3 Å². The molecular formula is C12H10N4S. The highest BCUT2D eigenvalue weighted by atomic mass is 32.1. The van der Waals surface area contributed by atoms with Gasteiger partial charge in [-0.15, -0.1) is 12.6 Å². The number of nitrogens with zero attached hydrogens (tertiary/aromatic N) is 3. The van der Waals surface area contributed by atoms with Crippen molar-refractivity contribution < 1.29 is 0 Å². The second-order valence-electron chi connectivity index (χ2n) is 3.73. The van der Waals surface area contributed by atoms with Crippen molar-refractivity contribution in [3.63, 3.8) is 0 Å². The van der Waals surface area contributed by atoms with Crippen LogP contribution in [0.2, 0.25) is 0 Å². The monoisotopic (exact) mass is 242 g/mol. The number of thiol groups is 1. The molecule has 0 aliphatic rings. The normalized spacial score (nSPS) is 10.9. The Morgan fingerprint density at radius 1 is 1.12 bits per heavy atom. The lowest BCUT2D eigenvalue weighted by Gasteiger charge is -2.02. The number of nitrogens with one attached hydrogen (secondary N) is 1. The smallest absolute Gasteiger partial charge is 0.186 e. The van der Waals surface area contributed by atoms with Crippen LogP contribution in [-0.2, 0) is 6.42 Å². The van der Waals surface area contributed by atoms with Crippen molar-refractivity contribution in [3.8, 4) is 0 Å². The highest BCUT2D eigenvalue weighted by Gasteiger charge is 2.08. The molecule has 0 fully saturated rings. The van der Waals surface area contributed by atoms with Crippen LogP contribution >= 0.6 is 12.6 Å². The van der Waals surface area contributed by atoms with Gasteiger partial charge in [-0.3, -0.25) is 0 Å². The van der Waals surface area contributed by atoms with Crippen molar-refractivity contribution in [2.24, 2.45) is 0 Å². The Morgan fingerprint density at radius 3 is 2.76 bits per heavy atom. The topological polar surface area (TPSA) is 54.5 Å². The van der Waals surface area contributed by atoms with Crippen molar-refractivity contribution >= 4 is 23.8 Å². The van der Waals surface area contributed by atoms with Crippen LogP contribution in [0, 0.1) is 0 Å². The predicted molar refractivity (Wildman–Crippen MR) is 68.2 cm³/mol. The summed E-state index contributed by atoms with van der Waals surface area (Å²) in [6, 6.07) is 10.2. The zero-order valence-corrected chi connectivity index (χ0v) is 9.85. The van der Waals surface area contributed by atoms with Crippen LogP contribution in [0.4, 0.5) is 0 Å². The van der Waals surface area contributed by atoms with E-state index >= 15 is 0 Å². The molecule has 0 aliphatic carbocycles. The van der Waals surface area contributed by atoms with Gasteiger partial charge in [-0.25, -0.2) is 15.0 Å². The van der Waals surface area contributed by atoms with E-state index in [1.165, 1.54) is 5.56 Å². The summed E-state index contributed by atoms with van der Waals surface area (Å²) in [7, 11) is 0. The predicted octanol–water partition coefficient (Wildman–Crippen LogP) is 2.23. The molecule has 0 amide bonds. The molecule has 0 spiro atoms. The average Bonchev–Trinajstić information content (AvgIpc) is 2.78. The maximum atomic E-state index is 4.34. The van der Waals surface area contributed by atoms with Gasteiger partial charge in [0, 0.05) is 6.42 Å². The summed E-state index contributed by atoms with van der Waals surface area (Å²) in [6.07, 6.45) is 2.36. The minimum atomic E-state index is 0.465. The molecule has 3 rings (SSSR count). The number of hydrogen-bond acceptors (Lipinski definition) is 4. The molecule has 0 saturated heterocycles. The summed E-state index contributed by atoms with van der Waals surface area (Å²) in [5.41, 5.74) is 3.64. The summed E-state index contributed by atoms with van der Waals surface area (Å²) in [5.74, 6) is 0. The molecule has 2 heterocycles. The zero-order valence-electron chi connectivity index (χ0n) is 8.96. The first-order chi connectivity index (χ1) is 8.33. The van der Waals surface area contributed by atoms with E-state index < -0.39 is 0 Å². The van der Waals surface area contributed by atoms with Gasteiger partial charge in [0.05, 0.1) is 12.0 Å². The van der Waals surface area contributed by atoms with Gasteiger partial charge < -0.3 is 4.98 Å². The highest BCUT2D eigenvalue weighted by molar-refractivity contribution is 7.80. The Kier molecular flexibility index (Phi) is 2.53. The van der Waals surface area contributed by atoms with Gasteiger partial charge in [0.15, 0.2) is 10.8 Å². The van der Waals surface area contributed by atoms with Crippen LogP contribution in [0.3, 0.4) is 0 Å². The number of aromatic nitrogens is 4. The Labute approximate surface area is 104 Å². The minimum absolute atomic E-state index is 0.465. The molecule has 1 N–H and O–H groups in total. The van der Waals surface area contributed by atoms with E-state index in [0.717, 1.165) is 23.3 Å². The van der Waals surface area contributed by atoms with Crippen LogP contribution in [0.15, 0.2) is 41.8 Å². The number of imidazole rings is 1. The molecule has 1 aromatic carbocycles. The maximum Gasteiger partial charge on any atom is 0.186 e. The first-order valence-electron chi connectivity index (χ1n) is 5.26. The molecule has 0 aliphatic heterocycles. The summed E-state index contributed by atoms with van der Waals surface area (Å²) in [5, 5.41) is 0.465. The molecule has 3 aromatic rings. The van der Waals surface area contributed by atoms with E-state index in [4.69, 9.17) is 0 Å². The Balaban J connectivity index is 2.08. The Morgan fingerprint density at radius 2 is 1.94 bits per heavy atom. The zero-order chi connectivity index (χ0) is 11.7. The number of rotatable bonds is 2. The molecule has 0 unspecified atom stereocenters. The van der Waals surface area contributed by atoms with Gasteiger partial charge in [0.2, 0.25) is 0 Å². The van der Waals surface area contributed by atoms with E-state index in [-0.39, 0.29) is 0 Å². The second kappa shape index (κ2) is 4.18. The second-order valence-corrected chi connectivity index (χ2v) is 4.13. The first kappa shape index (κ1) is 10.3. The molecule has 0 radical (unpaired) electrons. The van der Waals surface area contributed by atoms with Crippen molar-refractivity contribution in [1.29, 1.82) is 0 Å². The number of hydrogen-bond donors (Lipinski definition) is 2. The van der Waals surface area contributed by atoms with Crippen molar-refractivity contribution in [2.45, 2.75) is 11.6 Å². The van der Waals surface area contributed by atoms with Gasteiger partial charge >= 0.3 is 0 Å². The Hall–Kier alpha value is -1.88. The maximum absolute atomic E-state index is 4.34. The lowest BCUT2D eigenvalue weighted by Crippen LogP contribution is -1.97. The first-order valence-corrected chi connectivity index (χ1v) is 5.70. The molecular weight excluding hydrogens is 232 g/mol. The summed E-state index contributed by atoms with van der Waals surface area (Å²) < 4.78 is 0. The fraction of sp³-hybridized carbons (Fsp3) is 0.0833. The lowest BCUT2D eigenvalue weighted by molar-refractivity contribution is 0.934. The highest BCUT2D eigenvalue weighted by Crippen LogP contribution is 2.16. The quantitative estimate of drug-likeness (QED) is 0.535. The van der Waals surface area contributed by atoms with E-state index in [9.17, 15) is 0 Å². The summed E-state index contributed by atoms with van der Waals surface area (Å²) in [6.45, 7) is 0. The molecule has 17 heavy (non-hydrogen) atoms. The SMILES string of the molecule is Sc1nc(Cc2ccccc2)c2nc[nH]c2n1. The number of aromatic amines is 1. The van der Waals surface area contributed by atoms with E-state index in [2.05, 4.69) is 44.7 Å². The van der Waals surface area contributed by atoms with Gasteiger partial charge in [0.25, 0.3) is 0 Å². The number of benzene rings is 1. The molecule has 2 aromatic heterocycles. The fourth-order valence-electron chi connectivity index (χ4n) is 1.80. The van der Waals surface area contributed by atoms with Crippen LogP contribution in [0.5, 0.6) is 0 Å². The third kappa shape index (κ3) is 2.01. The third-order valence-electron chi connectivity index (χ3n) is 2.55. The summed E-state index contributed by atoms with van der Waals surface area (Å²) in [4.78, 5) is 15.7. The number of fused-ring (bicyclic) bond motifs is 1. The lowest BCUT2D eigenvalue weighted by atomic mass is 10.1. The van der Waals surface area contributed by atoms with Crippen molar-refractivity contribution in [1.82, 2.24) is 19.9 Å². The largest absolute Gasteiger partial charge is 0.329 e. The molecule has 0 atom stereocenters. The van der Waals surface area contributed by atoms with E-state index in [0.29, 0.717) is 5.16 Å². The molecule has 4 nitrogen and oxygen atoms in total. The van der Waals surface area contributed by atoms with Gasteiger partial charge in [-0.1, -0.05) is 30.3 Å². The van der Waals surface area contributed by atoms with Crippen molar-refractivity contribution in [3.05, 3.63) is 47.9 Å². The van der Waals surface area contributed by atoms with E-state index in [1.54, 1.807) is 6.33 Å². The van der Waals surface area contributed by atoms with Gasteiger partial charge in [-0.05, 0) is 5.56 Å². The molecule has 5 heteroatoms. The average molecular weight is 242 g/mol. The van der Waals surface area contributed by atoms with Crippen molar-refractivity contribution in [2.75, 3.05) is 0 Å². The van der Waals surface area contributed by atoms with E-state index in [1.807, 2.05) is 18.2 Å². The van der Waals surface area contributed by atoms with Gasteiger partial charge in [-0.2, -0.15) is 0 Å². The van der Waals surface area contributed by atoms with Crippen LogP contribution in [-0.4, -0.2) is 19.9 Å². The summed E-state index contributed by atoms with van der Waals surface area (Å²) >= 11 is 4.20. The molecule has 0 saturated carbocycles. The van der Waals surface area contributed by atoms with Crippen LogP contribution < -0.4 is 0 Å². The molecule has 0 bridgehead atoms. The molecule has 84 valence electrons. The van der Waals surface area contributed by atoms with Crippen LogP contribution in [0.25, 0.3) is 11.2 Å². The third-order valence-corrected chi connectivity index (χ3v) is 2.75. The van der Waals surface area contributed by atoms with Gasteiger partial charge in [0.1, 0.15) is 5.52 Å². The minimum Gasteiger partial charge on any atom is -0.329 e. The fourth-order valence-corrected chi connectivity index (χ4v) is 2.02. The Bertz CT molecular complexity index is 648.